The van der Waals surface area contributed by atoms with Crippen molar-refractivity contribution < 1.29 is 4.79 Å². The second-order valence-corrected chi connectivity index (χ2v) is 6.57. The van der Waals surface area contributed by atoms with E-state index in [9.17, 15) is 4.79 Å². The fourth-order valence-corrected chi connectivity index (χ4v) is 2.70. The molecule has 0 heterocycles. The zero-order chi connectivity index (χ0) is 15.9. The van der Waals surface area contributed by atoms with Gasteiger partial charge in [-0.05, 0) is 42.0 Å². The highest BCUT2D eigenvalue weighted by molar-refractivity contribution is 8.00. The average molecular weight is 335 g/mol. The molecule has 0 saturated carbocycles. The minimum atomic E-state index is 0.0247. The number of anilines is 1. The molecule has 0 atom stereocenters. The number of nitrogens with zero attached hydrogens (tertiary/aromatic N) is 1. The van der Waals surface area contributed by atoms with Crippen LogP contribution in [-0.2, 0) is 11.3 Å². The van der Waals surface area contributed by atoms with Crippen molar-refractivity contribution >= 4 is 35.0 Å². The zero-order valence-electron chi connectivity index (χ0n) is 12.7. The van der Waals surface area contributed by atoms with E-state index >= 15 is 0 Å². The summed E-state index contributed by atoms with van der Waals surface area (Å²) in [5, 5.41) is 3.63. The molecular formula is C17H19ClN2OS. The molecule has 5 heteroatoms. The summed E-state index contributed by atoms with van der Waals surface area (Å²) in [6, 6.07) is 15.6. The van der Waals surface area contributed by atoms with Gasteiger partial charge in [0.1, 0.15) is 0 Å². The van der Waals surface area contributed by atoms with Crippen molar-refractivity contribution in [1.29, 1.82) is 0 Å². The third kappa shape index (κ3) is 5.28. The molecule has 0 aliphatic heterocycles. The number of benzene rings is 2. The SMILES string of the molecule is CN(C)c1ccc(CNC(=O)CSc2ccc(Cl)cc2)cc1. The molecule has 0 fully saturated rings. The van der Waals surface area contributed by atoms with Gasteiger partial charge in [-0.25, -0.2) is 0 Å². The van der Waals surface area contributed by atoms with Crippen molar-refractivity contribution in [1.82, 2.24) is 5.32 Å². The van der Waals surface area contributed by atoms with E-state index in [-0.39, 0.29) is 5.91 Å². The number of rotatable bonds is 6. The van der Waals surface area contributed by atoms with Gasteiger partial charge >= 0.3 is 0 Å². The first-order valence-corrected chi connectivity index (χ1v) is 8.32. The van der Waals surface area contributed by atoms with Crippen LogP contribution in [0.25, 0.3) is 0 Å². The second-order valence-electron chi connectivity index (χ2n) is 5.08. The van der Waals surface area contributed by atoms with Crippen molar-refractivity contribution in [2.45, 2.75) is 11.4 Å². The molecule has 1 amide bonds. The Bertz CT molecular complexity index is 612. The summed E-state index contributed by atoms with van der Waals surface area (Å²) in [4.78, 5) is 14.9. The summed E-state index contributed by atoms with van der Waals surface area (Å²) in [7, 11) is 4.01. The van der Waals surface area contributed by atoms with Crippen molar-refractivity contribution in [3.63, 3.8) is 0 Å². The molecule has 0 unspecified atom stereocenters. The number of nitrogens with one attached hydrogen (secondary N) is 1. The molecule has 0 aliphatic carbocycles. The van der Waals surface area contributed by atoms with E-state index < -0.39 is 0 Å². The van der Waals surface area contributed by atoms with Crippen LogP contribution in [0.1, 0.15) is 5.56 Å². The number of hydrogen-bond donors (Lipinski definition) is 1. The molecule has 2 rings (SSSR count). The Balaban J connectivity index is 1.76. The Labute approximate surface area is 140 Å². The van der Waals surface area contributed by atoms with Crippen LogP contribution >= 0.6 is 23.4 Å². The first kappa shape index (κ1) is 16.7. The van der Waals surface area contributed by atoms with Gasteiger partial charge in [0.25, 0.3) is 0 Å². The highest BCUT2D eigenvalue weighted by Gasteiger charge is 2.03. The maximum atomic E-state index is 11.9. The van der Waals surface area contributed by atoms with E-state index in [0.29, 0.717) is 17.3 Å². The lowest BCUT2D eigenvalue weighted by Crippen LogP contribution is -2.24. The Hall–Kier alpha value is -1.65. The van der Waals surface area contributed by atoms with Crippen molar-refractivity contribution in [3.8, 4) is 0 Å². The molecule has 0 spiro atoms. The van der Waals surface area contributed by atoms with Gasteiger partial charge in [0.15, 0.2) is 0 Å². The van der Waals surface area contributed by atoms with Gasteiger partial charge < -0.3 is 10.2 Å². The molecule has 0 aromatic heterocycles. The largest absolute Gasteiger partial charge is 0.378 e. The number of hydrogen-bond acceptors (Lipinski definition) is 3. The summed E-state index contributed by atoms with van der Waals surface area (Å²) in [6.45, 7) is 0.549. The van der Waals surface area contributed by atoms with Gasteiger partial charge in [0.2, 0.25) is 5.91 Å². The highest BCUT2D eigenvalue weighted by atomic mass is 35.5. The smallest absolute Gasteiger partial charge is 0.230 e. The van der Waals surface area contributed by atoms with Gasteiger partial charge in [0.05, 0.1) is 5.75 Å². The third-order valence-electron chi connectivity index (χ3n) is 3.13. The summed E-state index contributed by atoms with van der Waals surface area (Å²) in [5.74, 6) is 0.425. The number of carbonyl (C=O) groups excluding carboxylic acids is 1. The molecule has 2 aromatic rings. The van der Waals surface area contributed by atoms with Crippen molar-refractivity contribution in [2.24, 2.45) is 0 Å². The van der Waals surface area contributed by atoms with Crippen LogP contribution < -0.4 is 10.2 Å². The Kier molecular flexibility index (Phi) is 6.16. The lowest BCUT2D eigenvalue weighted by atomic mass is 10.2. The summed E-state index contributed by atoms with van der Waals surface area (Å²) >= 11 is 7.33. The number of carbonyl (C=O) groups is 1. The van der Waals surface area contributed by atoms with Gasteiger partial charge in [-0.3, -0.25) is 4.79 Å². The topological polar surface area (TPSA) is 32.3 Å². The van der Waals surface area contributed by atoms with Gasteiger partial charge in [-0.1, -0.05) is 23.7 Å². The molecule has 1 N–H and O–H groups in total. The fourth-order valence-electron chi connectivity index (χ4n) is 1.84. The van der Waals surface area contributed by atoms with Crippen LogP contribution in [0.2, 0.25) is 5.02 Å². The Morgan fingerprint density at radius 3 is 2.32 bits per heavy atom. The number of thioether (sulfide) groups is 1. The number of halogens is 1. The zero-order valence-corrected chi connectivity index (χ0v) is 14.2. The van der Waals surface area contributed by atoms with Crippen LogP contribution in [0.15, 0.2) is 53.4 Å². The standard InChI is InChI=1S/C17H19ClN2OS/c1-20(2)15-7-3-13(4-8-15)11-19-17(21)12-22-16-9-5-14(18)6-10-16/h3-10H,11-12H2,1-2H3,(H,19,21). The summed E-state index contributed by atoms with van der Waals surface area (Å²) in [6.07, 6.45) is 0. The van der Waals surface area contributed by atoms with Gasteiger partial charge in [-0.2, -0.15) is 0 Å². The lowest BCUT2D eigenvalue weighted by molar-refractivity contribution is -0.118. The van der Waals surface area contributed by atoms with E-state index in [0.717, 1.165) is 16.1 Å². The Morgan fingerprint density at radius 1 is 1.09 bits per heavy atom. The molecule has 0 saturated heterocycles. The minimum absolute atomic E-state index is 0.0247. The Morgan fingerprint density at radius 2 is 1.73 bits per heavy atom. The maximum absolute atomic E-state index is 11.9. The van der Waals surface area contributed by atoms with E-state index in [1.807, 2.05) is 67.5 Å². The van der Waals surface area contributed by atoms with E-state index in [1.54, 1.807) is 0 Å². The quantitative estimate of drug-likeness (QED) is 0.815. The summed E-state index contributed by atoms with van der Waals surface area (Å²) in [5.41, 5.74) is 2.24. The average Bonchev–Trinajstić information content (AvgIpc) is 2.52. The normalized spacial score (nSPS) is 10.3. The monoisotopic (exact) mass is 334 g/mol. The van der Waals surface area contributed by atoms with Gasteiger partial charge in [0, 0.05) is 36.2 Å². The molecule has 116 valence electrons. The van der Waals surface area contributed by atoms with Crippen LogP contribution in [-0.4, -0.2) is 25.8 Å². The fraction of sp³-hybridized carbons (Fsp3) is 0.235. The molecule has 3 nitrogen and oxygen atoms in total. The van der Waals surface area contributed by atoms with Crippen molar-refractivity contribution in [2.75, 3.05) is 24.7 Å². The molecular weight excluding hydrogens is 316 g/mol. The maximum Gasteiger partial charge on any atom is 0.230 e. The summed E-state index contributed by atoms with van der Waals surface area (Å²) < 4.78 is 0. The predicted octanol–water partition coefficient (Wildman–Crippen LogP) is 3.81. The molecule has 0 bridgehead atoms. The van der Waals surface area contributed by atoms with Crippen LogP contribution in [0.3, 0.4) is 0 Å². The van der Waals surface area contributed by atoms with Crippen LogP contribution in [0.5, 0.6) is 0 Å². The highest BCUT2D eigenvalue weighted by Crippen LogP contribution is 2.20. The molecule has 0 aliphatic rings. The first-order valence-electron chi connectivity index (χ1n) is 6.96. The lowest BCUT2D eigenvalue weighted by Gasteiger charge is -2.13. The van der Waals surface area contributed by atoms with Crippen LogP contribution in [0.4, 0.5) is 5.69 Å². The molecule has 22 heavy (non-hydrogen) atoms. The van der Waals surface area contributed by atoms with Gasteiger partial charge in [-0.15, -0.1) is 11.8 Å². The van der Waals surface area contributed by atoms with E-state index in [1.165, 1.54) is 11.8 Å². The first-order chi connectivity index (χ1) is 10.5. The third-order valence-corrected chi connectivity index (χ3v) is 4.39. The van der Waals surface area contributed by atoms with Crippen LogP contribution in [0, 0.1) is 0 Å². The van der Waals surface area contributed by atoms with E-state index in [2.05, 4.69) is 5.32 Å². The second kappa shape index (κ2) is 8.11. The number of amides is 1. The van der Waals surface area contributed by atoms with Crippen molar-refractivity contribution in [3.05, 3.63) is 59.1 Å². The van der Waals surface area contributed by atoms with E-state index in [4.69, 9.17) is 11.6 Å². The predicted molar refractivity (Wildman–Crippen MR) is 94.8 cm³/mol. The molecule has 2 aromatic carbocycles. The minimum Gasteiger partial charge on any atom is -0.378 e. The molecule has 0 radical (unpaired) electrons.